The van der Waals surface area contributed by atoms with Crippen molar-refractivity contribution < 1.29 is 17.9 Å². The number of hydrogen-bond donors (Lipinski definition) is 0. The van der Waals surface area contributed by atoms with Gasteiger partial charge in [-0.1, -0.05) is 30.3 Å². The molecule has 2 aromatic rings. The molecule has 22 heavy (non-hydrogen) atoms. The Bertz CT molecular complexity index is 766. The summed E-state index contributed by atoms with van der Waals surface area (Å²) in [7, 11) is -1.93. The molecule has 2 aromatic carbocycles. The van der Waals surface area contributed by atoms with Crippen LogP contribution in [-0.4, -0.2) is 27.1 Å². The normalized spacial score (nSPS) is 23.8. The molecular formula is C17H16O4S. The minimum atomic E-state index is -3.50. The molecule has 0 aromatic heterocycles. The van der Waals surface area contributed by atoms with Gasteiger partial charge in [-0.05, 0) is 29.8 Å². The van der Waals surface area contributed by atoms with E-state index in [1.807, 2.05) is 12.1 Å². The van der Waals surface area contributed by atoms with Crippen molar-refractivity contribution in [2.45, 2.75) is 16.1 Å². The van der Waals surface area contributed by atoms with Crippen LogP contribution in [0, 0.1) is 5.92 Å². The summed E-state index contributed by atoms with van der Waals surface area (Å²) in [5.41, 5.74) is 0.849. The standard InChI is InChI=1S/C17H16O4S/c1-21-13-9-7-12(8-10-13)16-15(11-18)17(16)22(19,20)14-5-3-2-4-6-14/h2-11,15-17H,1H3/t15-,16+,17+/m0/s1. The van der Waals surface area contributed by atoms with Gasteiger partial charge < -0.3 is 9.53 Å². The molecule has 0 saturated heterocycles. The number of aldehydes is 1. The summed E-state index contributed by atoms with van der Waals surface area (Å²) in [6.45, 7) is 0. The molecule has 5 heteroatoms. The fourth-order valence-electron chi connectivity index (χ4n) is 2.87. The maximum Gasteiger partial charge on any atom is 0.182 e. The molecule has 0 radical (unpaired) electrons. The first-order valence-electron chi connectivity index (χ1n) is 6.98. The number of sulfone groups is 1. The fraction of sp³-hybridized carbons (Fsp3) is 0.235. The van der Waals surface area contributed by atoms with Gasteiger partial charge in [0, 0.05) is 11.8 Å². The molecular weight excluding hydrogens is 300 g/mol. The SMILES string of the molecule is COc1ccc([C@@H]2[C@H](C=O)[C@H]2S(=O)(=O)c2ccccc2)cc1. The summed E-state index contributed by atoms with van der Waals surface area (Å²) in [5.74, 6) is -0.0678. The van der Waals surface area contributed by atoms with Crippen molar-refractivity contribution in [3.63, 3.8) is 0 Å². The van der Waals surface area contributed by atoms with E-state index in [0.29, 0.717) is 5.75 Å². The molecule has 1 aliphatic rings. The third kappa shape index (κ3) is 2.41. The molecule has 0 aliphatic heterocycles. The average Bonchev–Trinajstić information content (AvgIpc) is 3.31. The smallest absolute Gasteiger partial charge is 0.182 e. The highest BCUT2D eigenvalue weighted by molar-refractivity contribution is 7.92. The Hall–Kier alpha value is -2.14. The first-order valence-corrected chi connectivity index (χ1v) is 8.52. The molecule has 3 atom stereocenters. The molecule has 0 spiro atoms. The number of ether oxygens (including phenoxy) is 1. The van der Waals surface area contributed by atoms with Crippen molar-refractivity contribution in [3.05, 3.63) is 60.2 Å². The van der Waals surface area contributed by atoms with E-state index < -0.39 is 21.0 Å². The van der Waals surface area contributed by atoms with Crippen molar-refractivity contribution in [1.82, 2.24) is 0 Å². The zero-order chi connectivity index (χ0) is 15.7. The highest BCUT2D eigenvalue weighted by Gasteiger charge is 2.58. The topological polar surface area (TPSA) is 60.4 Å². The summed E-state index contributed by atoms with van der Waals surface area (Å²) in [6, 6.07) is 15.5. The van der Waals surface area contributed by atoms with E-state index in [1.165, 1.54) is 0 Å². The predicted octanol–water partition coefficient (Wildman–Crippen LogP) is 2.45. The third-order valence-corrected chi connectivity index (χ3v) is 6.35. The van der Waals surface area contributed by atoms with Gasteiger partial charge in [-0.2, -0.15) is 0 Å². The molecule has 0 heterocycles. The quantitative estimate of drug-likeness (QED) is 0.795. The van der Waals surface area contributed by atoms with Crippen molar-refractivity contribution in [3.8, 4) is 5.75 Å². The van der Waals surface area contributed by atoms with Crippen molar-refractivity contribution in [2.24, 2.45) is 5.92 Å². The van der Waals surface area contributed by atoms with Gasteiger partial charge in [-0.15, -0.1) is 0 Å². The van der Waals surface area contributed by atoms with Gasteiger partial charge in [-0.25, -0.2) is 8.42 Å². The largest absolute Gasteiger partial charge is 0.497 e. The van der Waals surface area contributed by atoms with E-state index >= 15 is 0 Å². The predicted molar refractivity (Wildman–Crippen MR) is 82.7 cm³/mol. The Morgan fingerprint density at radius 3 is 2.18 bits per heavy atom. The molecule has 114 valence electrons. The monoisotopic (exact) mass is 316 g/mol. The number of rotatable bonds is 5. The first-order chi connectivity index (χ1) is 10.6. The summed E-state index contributed by atoms with van der Waals surface area (Å²) >= 11 is 0. The lowest BCUT2D eigenvalue weighted by Crippen LogP contribution is -2.10. The van der Waals surface area contributed by atoms with E-state index in [0.717, 1.165) is 11.8 Å². The number of hydrogen-bond acceptors (Lipinski definition) is 4. The van der Waals surface area contributed by atoms with E-state index in [1.54, 1.807) is 49.6 Å². The minimum absolute atomic E-state index is 0.267. The molecule has 4 nitrogen and oxygen atoms in total. The molecule has 0 amide bonds. The average molecular weight is 316 g/mol. The Labute approximate surface area is 129 Å². The van der Waals surface area contributed by atoms with Crippen LogP contribution in [-0.2, 0) is 14.6 Å². The van der Waals surface area contributed by atoms with Gasteiger partial charge >= 0.3 is 0 Å². The van der Waals surface area contributed by atoms with Crippen LogP contribution in [0.25, 0.3) is 0 Å². The molecule has 0 N–H and O–H groups in total. The highest BCUT2D eigenvalue weighted by Crippen LogP contribution is 2.52. The second kappa shape index (κ2) is 5.57. The number of benzene rings is 2. The van der Waals surface area contributed by atoms with Crippen LogP contribution in [0.5, 0.6) is 5.75 Å². The van der Waals surface area contributed by atoms with Gasteiger partial charge in [0.1, 0.15) is 12.0 Å². The van der Waals surface area contributed by atoms with Gasteiger partial charge in [0.2, 0.25) is 0 Å². The third-order valence-electron chi connectivity index (χ3n) is 4.09. The van der Waals surface area contributed by atoms with Crippen LogP contribution in [0.4, 0.5) is 0 Å². The second-order valence-corrected chi connectivity index (χ2v) is 7.44. The first kappa shape index (κ1) is 14.8. The van der Waals surface area contributed by atoms with E-state index in [2.05, 4.69) is 0 Å². The summed E-state index contributed by atoms with van der Waals surface area (Å²) in [4.78, 5) is 11.5. The van der Waals surface area contributed by atoms with Gasteiger partial charge in [0.25, 0.3) is 0 Å². The lowest BCUT2D eigenvalue weighted by Gasteiger charge is -2.05. The molecule has 1 saturated carbocycles. The number of methoxy groups -OCH3 is 1. The van der Waals surface area contributed by atoms with E-state index in [9.17, 15) is 13.2 Å². The maximum atomic E-state index is 12.7. The Morgan fingerprint density at radius 1 is 1.00 bits per heavy atom. The van der Waals surface area contributed by atoms with Crippen molar-refractivity contribution >= 4 is 16.1 Å². The Kier molecular flexibility index (Phi) is 3.74. The summed E-state index contributed by atoms with van der Waals surface area (Å²) in [6.07, 6.45) is 0.750. The molecule has 1 fully saturated rings. The van der Waals surface area contributed by atoms with Crippen LogP contribution in [0.15, 0.2) is 59.5 Å². The van der Waals surface area contributed by atoms with Gasteiger partial charge in [0.15, 0.2) is 9.84 Å². The van der Waals surface area contributed by atoms with Crippen LogP contribution in [0.3, 0.4) is 0 Å². The van der Waals surface area contributed by atoms with E-state index in [-0.39, 0.29) is 10.8 Å². The zero-order valence-electron chi connectivity index (χ0n) is 12.0. The van der Waals surface area contributed by atoms with Gasteiger partial charge in [0.05, 0.1) is 17.3 Å². The molecule has 3 rings (SSSR count). The van der Waals surface area contributed by atoms with Gasteiger partial charge in [-0.3, -0.25) is 0 Å². The van der Waals surface area contributed by atoms with Crippen LogP contribution >= 0.6 is 0 Å². The fourth-order valence-corrected chi connectivity index (χ4v) is 5.00. The Balaban J connectivity index is 1.93. The molecule has 0 bridgehead atoms. The lowest BCUT2D eigenvalue weighted by molar-refractivity contribution is -0.108. The number of carbonyl (C=O) groups is 1. The zero-order valence-corrected chi connectivity index (χ0v) is 12.9. The lowest BCUT2D eigenvalue weighted by atomic mass is 10.1. The summed E-state index contributed by atoms with van der Waals surface area (Å²) in [5, 5.41) is -0.680. The number of carbonyl (C=O) groups excluding carboxylic acids is 1. The van der Waals surface area contributed by atoms with Crippen molar-refractivity contribution in [2.75, 3.05) is 7.11 Å². The molecule has 1 aliphatic carbocycles. The van der Waals surface area contributed by atoms with Crippen LogP contribution < -0.4 is 4.74 Å². The highest BCUT2D eigenvalue weighted by atomic mass is 32.2. The van der Waals surface area contributed by atoms with Crippen molar-refractivity contribution in [1.29, 1.82) is 0 Å². The van der Waals surface area contributed by atoms with Crippen LogP contribution in [0.2, 0.25) is 0 Å². The van der Waals surface area contributed by atoms with Crippen LogP contribution in [0.1, 0.15) is 11.5 Å². The minimum Gasteiger partial charge on any atom is -0.497 e. The maximum absolute atomic E-state index is 12.7. The van der Waals surface area contributed by atoms with E-state index in [4.69, 9.17) is 4.74 Å². The second-order valence-electron chi connectivity index (χ2n) is 5.34. The molecule has 0 unspecified atom stereocenters. The Morgan fingerprint density at radius 2 is 1.64 bits per heavy atom. The summed E-state index contributed by atoms with van der Waals surface area (Å²) < 4.78 is 30.5.